The summed E-state index contributed by atoms with van der Waals surface area (Å²) < 4.78 is 5.83. The maximum Gasteiger partial charge on any atom is 0.289 e. The summed E-state index contributed by atoms with van der Waals surface area (Å²) >= 11 is 0. The molecule has 0 unspecified atom stereocenters. The van der Waals surface area contributed by atoms with Crippen LogP contribution in [0.3, 0.4) is 0 Å². The van der Waals surface area contributed by atoms with Crippen molar-refractivity contribution in [3.05, 3.63) is 102 Å². The third-order valence-corrected chi connectivity index (χ3v) is 4.55. The van der Waals surface area contributed by atoms with Gasteiger partial charge in [-0.25, -0.2) is 5.43 Å². The third-order valence-electron chi connectivity index (χ3n) is 4.55. The van der Waals surface area contributed by atoms with Crippen molar-refractivity contribution in [2.24, 2.45) is 5.10 Å². The van der Waals surface area contributed by atoms with Crippen molar-refractivity contribution in [3.63, 3.8) is 0 Å². The molecule has 1 amide bonds. The molecule has 0 saturated carbocycles. The number of nitrogens with zero attached hydrogens (tertiary/aromatic N) is 3. The number of H-pyrrole nitrogens is 1. The van der Waals surface area contributed by atoms with Gasteiger partial charge >= 0.3 is 0 Å². The molecule has 2 aromatic heterocycles. The highest BCUT2D eigenvalue weighted by molar-refractivity contribution is 5.94. The zero-order valence-electron chi connectivity index (χ0n) is 16.9. The van der Waals surface area contributed by atoms with E-state index < -0.39 is 0 Å². The van der Waals surface area contributed by atoms with Crippen LogP contribution in [0, 0.1) is 6.92 Å². The zero-order chi connectivity index (χ0) is 21.5. The summed E-state index contributed by atoms with van der Waals surface area (Å²) in [6.45, 7) is 2.56. The van der Waals surface area contributed by atoms with Gasteiger partial charge in [0, 0.05) is 11.8 Å². The molecule has 0 fully saturated rings. The summed E-state index contributed by atoms with van der Waals surface area (Å²) in [6, 6.07) is 22.9. The van der Waals surface area contributed by atoms with Gasteiger partial charge in [0.2, 0.25) is 0 Å². The summed E-state index contributed by atoms with van der Waals surface area (Å²) in [6.07, 6.45) is 3.13. The first-order valence-electron chi connectivity index (χ1n) is 9.76. The van der Waals surface area contributed by atoms with E-state index in [1.807, 2.05) is 36.4 Å². The summed E-state index contributed by atoms with van der Waals surface area (Å²) in [7, 11) is 0. The number of aryl methyl sites for hydroxylation is 1. The molecule has 4 aromatic rings. The van der Waals surface area contributed by atoms with Crippen LogP contribution in [0.2, 0.25) is 0 Å². The predicted molar refractivity (Wildman–Crippen MR) is 119 cm³/mol. The first kappa shape index (κ1) is 20.0. The Balaban J connectivity index is 1.34. The van der Waals surface area contributed by atoms with Crippen molar-refractivity contribution in [3.8, 4) is 17.0 Å². The SMILES string of the molecule is Cc1ccc(COc2ccc(-c3cc(C(=O)N/N=C/c4ccccn4)[nH]n3)cc2)cc1. The number of nitrogens with one attached hydrogen (secondary N) is 2. The number of ether oxygens (including phenoxy) is 1. The Labute approximate surface area is 179 Å². The average molecular weight is 411 g/mol. The monoisotopic (exact) mass is 411 g/mol. The average Bonchev–Trinajstić information content (AvgIpc) is 3.30. The first-order chi connectivity index (χ1) is 15.2. The normalized spacial score (nSPS) is 10.9. The molecule has 0 bridgehead atoms. The number of aromatic amines is 1. The van der Waals surface area contributed by atoms with Gasteiger partial charge < -0.3 is 4.74 Å². The van der Waals surface area contributed by atoms with E-state index in [1.165, 1.54) is 11.8 Å². The van der Waals surface area contributed by atoms with Crippen molar-refractivity contribution in [1.82, 2.24) is 20.6 Å². The number of hydrogen-bond acceptors (Lipinski definition) is 5. The summed E-state index contributed by atoms with van der Waals surface area (Å²) in [5.74, 6) is 0.380. The Hall–Kier alpha value is -4.26. The molecule has 0 aliphatic rings. The topological polar surface area (TPSA) is 92.3 Å². The Kier molecular flexibility index (Phi) is 6.13. The number of carbonyl (C=O) groups excluding carboxylic acids is 1. The van der Waals surface area contributed by atoms with Gasteiger partial charge in [-0.3, -0.25) is 14.9 Å². The van der Waals surface area contributed by atoms with Crippen LogP contribution in [-0.4, -0.2) is 27.3 Å². The van der Waals surface area contributed by atoms with E-state index in [4.69, 9.17) is 4.74 Å². The van der Waals surface area contributed by atoms with Crippen molar-refractivity contribution < 1.29 is 9.53 Å². The van der Waals surface area contributed by atoms with Crippen LogP contribution in [0.25, 0.3) is 11.3 Å². The van der Waals surface area contributed by atoms with Crippen molar-refractivity contribution >= 4 is 12.1 Å². The number of hydrazone groups is 1. The molecule has 0 aliphatic carbocycles. The number of aromatic nitrogens is 3. The van der Waals surface area contributed by atoms with Crippen LogP contribution in [0.5, 0.6) is 5.75 Å². The standard InChI is InChI=1S/C24H21N5O2/c1-17-5-7-18(8-6-17)16-31-21-11-9-19(10-12-21)22-14-23(28-27-22)24(30)29-26-15-20-4-2-3-13-25-20/h2-15H,16H2,1H3,(H,27,28)(H,29,30)/b26-15+. The number of hydrogen-bond donors (Lipinski definition) is 2. The van der Waals surface area contributed by atoms with E-state index in [0.29, 0.717) is 23.7 Å². The largest absolute Gasteiger partial charge is 0.489 e. The van der Waals surface area contributed by atoms with Gasteiger partial charge in [-0.1, -0.05) is 35.9 Å². The molecule has 4 rings (SSSR count). The molecule has 0 radical (unpaired) electrons. The van der Waals surface area contributed by atoms with Crippen LogP contribution in [0.1, 0.15) is 27.3 Å². The summed E-state index contributed by atoms with van der Waals surface area (Å²) in [5.41, 5.74) is 7.28. The van der Waals surface area contributed by atoms with Crippen molar-refractivity contribution in [1.29, 1.82) is 0 Å². The fraction of sp³-hybridized carbons (Fsp3) is 0.0833. The van der Waals surface area contributed by atoms with Crippen LogP contribution < -0.4 is 10.2 Å². The van der Waals surface area contributed by atoms with Crippen LogP contribution in [0.4, 0.5) is 0 Å². The zero-order valence-corrected chi connectivity index (χ0v) is 16.9. The van der Waals surface area contributed by atoms with E-state index in [1.54, 1.807) is 18.3 Å². The van der Waals surface area contributed by atoms with E-state index in [2.05, 4.69) is 56.9 Å². The Bertz CT molecular complexity index is 1170. The second-order valence-corrected chi connectivity index (χ2v) is 6.92. The highest BCUT2D eigenvalue weighted by atomic mass is 16.5. The molecule has 2 aromatic carbocycles. The maximum absolute atomic E-state index is 12.2. The van der Waals surface area contributed by atoms with Crippen LogP contribution in [-0.2, 0) is 6.61 Å². The second kappa shape index (κ2) is 9.49. The van der Waals surface area contributed by atoms with Crippen molar-refractivity contribution in [2.45, 2.75) is 13.5 Å². The van der Waals surface area contributed by atoms with Gasteiger partial charge in [0.15, 0.2) is 0 Å². The minimum atomic E-state index is -0.385. The Morgan fingerprint density at radius 3 is 2.65 bits per heavy atom. The summed E-state index contributed by atoms with van der Waals surface area (Å²) in [5, 5.41) is 10.9. The molecule has 7 heteroatoms. The Morgan fingerprint density at radius 2 is 1.90 bits per heavy atom. The van der Waals surface area contributed by atoms with Gasteiger partial charge in [-0.15, -0.1) is 0 Å². The van der Waals surface area contributed by atoms with Gasteiger partial charge in [0.1, 0.15) is 18.1 Å². The quantitative estimate of drug-likeness (QED) is 0.353. The lowest BCUT2D eigenvalue weighted by Crippen LogP contribution is -2.18. The molecule has 0 spiro atoms. The van der Waals surface area contributed by atoms with Gasteiger partial charge in [-0.2, -0.15) is 10.2 Å². The smallest absolute Gasteiger partial charge is 0.289 e. The first-order valence-corrected chi connectivity index (χ1v) is 9.76. The van der Waals surface area contributed by atoms with Crippen LogP contribution in [0.15, 0.2) is 84.1 Å². The number of benzene rings is 2. The predicted octanol–water partition coefficient (Wildman–Crippen LogP) is 4.12. The molecule has 31 heavy (non-hydrogen) atoms. The molecule has 154 valence electrons. The number of carbonyl (C=O) groups is 1. The lowest BCUT2D eigenvalue weighted by atomic mass is 10.1. The minimum Gasteiger partial charge on any atom is -0.489 e. The van der Waals surface area contributed by atoms with E-state index in [0.717, 1.165) is 16.9 Å². The minimum absolute atomic E-state index is 0.313. The molecule has 0 aliphatic heterocycles. The molecule has 0 atom stereocenters. The molecule has 0 saturated heterocycles. The van der Waals surface area contributed by atoms with Gasteiger partial charge in [0.25, 0.3) is 5.91 Å². The number of amides is 1. The maximum atomic E-state index is 12.2. The van der Waals surface area contributed by atoms with Crippen molar-refractivity contribution in [2.75, 3.05) is 0 Å². The highest BCUT2D eigenvalue weighted by Crippen LogP contribution is 2.22. The molecular formula is C24H21N5O2. The molecule has 2 N–H and O–H groups in total. The number of pyridine rings is 1. The fourth-order valence-corrected chi connectivity index (χ4v) is 2.83. The molecule has 7 nitrogen and oxygen atoms in total. The fourth-order valence-electron chi connectivity index (χ4n) is 2.83. The van der Waals surface area contributed by atoms with Gasteiger partial charge in [0.05, 0.1) is 17.6 Å². The Morgan fingerprint density at radius 1 is 1.10 bits per heavy atom. The second-order valence-electron chi connectivity index (χ2n) is 6.92. The molecule has 2 heterocycles. The van der Waals surface area contributed by atoms with Crippen LogP contribution >= 0.6 is 0 Å². The van der Waals surface area contributed by atoms with E-state index in [9.17, 15) is 4.79 Å². The lowest BCUT2D eigenvalue weighted by molar-refractivity contribution is 0.0950. The van der Waals surface area contributed by atoms with Gasteiger partial charge in [-0.05, 0) is 55.0 Å². The lowest BCUT2D eigenvalue weighted by Gasteiger charge is -2.07. The summed E-state index contributed by atoms with van der Waals surface area (Å²) in [4.78, 5) is 16.3. The molecular weight excluding hydrogens is 390 g/mol. The number of rotatable bonds is 7. The van der Waals surface area contributed by atoms with E-state index >= 15 is 0 Å². The third kappa shape index (κ3) is 5.42. The van der Waals surface area contributed by atoms with E-state index in [-0.39, 0.29) is 5.91 Å². The highest BCUT2D eigenvalue weighted by Gasteiger charge is 2.10.